The largest absolute Gasteiger partial charge is 0.394 e. The van der Waals surface area contributed by atoms with Gasteiger partial charge in [0.25, 0.3) is 0 Å². The third-order valence-corrected chi connectivity index (χ3v) is 4.86. The molecule has 2 saturated heterocycles. The highest BCUT2D eigenvalue weighted by Gasteiger charge is 2.50. The fourth-order valence-electron chi connectivity index (χ4n) is 2.74. The zero-order valence-electron chi connectivity index (χ0n) is 13.3. The summed E-state index contributed by atoms with van der Waals surface area (Å²) in [5.74, 6) is 0.00469. The van der Waals surface area contributed by atoms with E-state index in [4.69, 9.17) is 24.1 Å². The summed E-state index contributed by atoms with van der Waals surface area (Å²) in [4.78, 5) is 0. The maximum absolute atomic E-state index is 11.3. The van der Waals surface area contributed by atoms with E-state index in [1.807, 2.05) is 0 Å². The van der Waals surface area contributed by atoms with Gasteiger partial charge in [-0.05, 0) is 0 Å². The molecule has 0 aromatic carbocycles. The van der Waals surface area contributed by atoms with Crippen LogP contribution in [0.2, 0.25) is 0 Å². The van der Waals surface area contributed by atoms with E-state index in [9.17, 15) is 24.6 Å². The fraction of sp³-hybridized carbons (Fsp3) is 1.00. The highest BCUT2D eigenvalue weighted by Crippen LogP contribution is 2.29. The number of aliphatic hydroxyl groups is 5. The number of ether oxygens (including phenoxy) is 4. The van der Waals surface area contributed by atoms with Gasteiger partial charge >= 0.3 is 0 Å². The highest BCUT2D eigenvalue weighted by molar-refractivity contribution is 7.84. The highest BCUT2D eigenvalue weighted by atomic mass is 32.2. The smallest absolute Gasteiger partial charge is 0.187 e. The molecule has 10 nitrogen and oxygen atoms in total. The zero-order chi connectivity index (χ0) is 18.0. The average molecular weight is 372 g/mol. The molecule has 0 aromatic rings. The van der Waals surface area contributed by atoms with Crippen LogP contribution in [0.3, 0.4) is 0 Å². The Bertz CT molecular complexity index is 435. The Morgan fingerprint density at radius 2 is 1.54 bits per heavy atom. The summed E-state index contributed by atoms with van der Waals surface area (Å²) in [6.45, 7) is -0.531. The molecule has 0 spiro atoms. The van der Waals surface area contributed by atoms with Gasteiger partial charge in [0.05, 0.1) is 12.4 Å². The average Bonchev–Trinajstić information content (AvgIpc) is 2.79. The molecule has 24 heavy (non-hydrogen) atoms. The first-order valence-corrected chi connectivity index (χ1v) is 9.15. The monoisotopic (exact) mass is 372 g/mol. The van der Waals surface area contributed by atoms with Crippen LogP contribution in [0.4, 0.5) is 0 Å². The predicted molar refractivity (Wildman–Crippen MR) is 79.3 cm³/mol. The Balaban J connectivity index is 2.06. The van der Waals surface area contributed by atoms with E-state index in [-0.39, 0.29) is 5.75 Å². The molecule has 0 aromatic heterocycles. The summed E-state index contributed by atoms with van der Waals surface area (Å²) in [6, 6.07) is 0. The van der Waals surface area contributed by atoms with Crippen molar-refractivity contribution in [3.8, 4) is 0 Å². The molecule has 10 atom stereocenters. The minimum Gasteiger partial charge on any atom is -0.394 e. The first-order valence-electron chi connectivity index (χ1n) is 7.42. The van der Waals surface area contributed by atoms with Crippen LogP contribution in [-0.2, 0) is 29.7 Å². The van der Waals surface area contributed by atoms with Gasteiger partial charge in [-0.25, -0.2) is 0 Å². The third-order valence-electron chi connectivity index (χ3n) is 4.07. The molecule has 0 radical (unpaired) electrons. The van der Waals surface area contributed by atoms with Crippen LogP contribution in [0.25, 0.3) is 0 Å². The molecule has 0 amide bonds. The van der Waals surface area contributed by atoms with Crippen LogP contribution >= 0.6 is 0 Å². The topological polar surface area (TPSA) is 155 Å². The van der Waals surface area contributed by atoms with Crippen LogP contribution in [0.5, 0.6) is 0 Å². The minimum absolute atomic E-state index is 0.00469. The van der Waals surface area contributed by atoms with Crippen molar-refractivity contribution in [1.29, 1.82) is 0 Å². The van der Waals surface area contributed by atoms with Crippen molar-refractivity contribution in [2.75, 3.05) is 25.7 Å². The Labute approximate surface area is 141 Å². The lowest BCUT2D eigenvalue weighted by Gasteiger charge is -2.42. The lowest BCUT2D eigenvalue weighted by atomic mass is 9.99. The first kappa shape index (κ1) is 20.1. The van der Waals surface area contributed by atoms with Crippen molar-refractivity contribution < 1.29 is 48.7 Å². The molecule has 2 fully saturated rings. The number of rotatable bonds is 6. The Morgan fingerprint density at radius 3 is 2.08 bits per heavy atom. The molecule has 2 aliphatic heterocycles. The quantitative estimate of drug-likeness (QED) is 0.314. The normalized spacial score (nSPS) is 47.7. The molecular weight excluding hydrogens is 348 g/mol. The first-order chi connectivity index (χ1) is 11.3. The van der Waals surface area contributed by atoms with Gasteiger partial charge in [-0.3, -0.25) is 4.21 Å². The van der Waals surface area contributed by atoms with Crippen molar-refractivity contribution in [2.45, 2.75) is 55.3 Å². The van der Waals surface area contributed by atoms with Gasteiger partial charge in [-0.1, -0.05) is 0 Å². The molecule has 2 rings (SSSR count). The molecule has 0 saturated carbocycles. The van der Waals surface area contributed by atoms with Gasteiger partial charge in [-0.15, -0.1) is 0 Å². The lowest BCUT2D eigenvalue weighted by molar-refractivity contribution is -0.332. The van der Waals surface area contributed by atoms with Gasteiger partial charge < -0.3 is 44.5 Å². The van der Waals surface area contributed by atoms with Gasteiger partial charge in [0.1, 0.15) is 42.7 Å². The van der Waals surface area contributed by atoms with Crippen molar-refractivity contribution >= 4 is 10.8 Å². The van der Waals surface area contributed by atoms with Crippen LogP contribution in [0.15, 0.2) is 0 Å². The van der Waals surface area contributed by atoms with E-state index in [2.05, 4.69) is 0 Å². The van der Waals surface area contributed by atoms with Crippen LogP contribution in [0.1, 0.15) is 0 Å². The van der Waals surface area contributed by atoms with Crippen LogP contribution < -0.4 is 0 Å². The minimum atomic E-state index is -1.48. The van der Waals surface area contributed by atoms with Crippen molar-refractivity contribution in [3.05, 3.63) is 0 Å². The van der Waals surface area contributed by atoms with E-state index in [0.717, 1.165) is 0 Å². The standard InChI is InChI=1S/C13H24O10S/c1-20-13-11(9(17)7(15)5(3-14)21-13)23-12-10(18)8(16)6(22-12)4-24(2)19/h5-18H,3-4H2,1-2H3/t5-,6+,7-,8-,9+,10+,11+,12+,13+,24?/m1/s1. The van der Waals surface area contributed by atoms with E-state index in [1.165, 1.54) is 13.4 Å². The number of methoxy groups -OCH3 is 1. The summed E-state index contributed by atoms with van der Waals surface area (Å²) in [6.07, 6.45) is -9.87. The second-order valence-electron chi connectivity index (χ2n) is 5.81. The van der Waals surface area contributed by atoms with E-state index < -0.39 is 72.7 Å². The van der Waals surface area contributed by atoms with Crippen LogP contribution in [0, 0.1) is 0 Å². The van der Waals surface area contributed by atoms with Gasteiger partial charge in [0.15, 0.2) is 12.6 Å². The number of aliphatic hydroxyl groups excluding tert-OH is 5. The number of hydrogen-bond donors (Lipinski definition) is 5. The summed E-state index contributed by atoms with van der Waals surface area (Å²) in [7, 11) is 0.0232. The summed E-state index contributed by atoms with van der Waals surface area (Å²) < 4.78 is 32.4. The molecule has 0 aliphatic carbocycles. The predicted octanol–water partition coefficient (Wildman–Crippen LogP) is -3.72. The molecule has 2 heterocycles. The van der Waals surface area contributed by atoms with Gasteiger partial charge in [0.2, 0.25) is 0 Å². The molecule has 1 unspecified atom stereocenters. The summed E-state index contributed by atoms with van der Waals surface area (Å²) in [5, 5.41) is 49.2. The second kappa shape index (κ2) is 8.45. The zero-order valence-corrected chi connectivity index (χ0v) is 14.1. The van der Waals surface area contributed by atoms with Crippen molar-refractivity contribution in [3.63, 3.8) is 0 Å². The Kier molecular flexibility index (Phi) is 7.08. The Morgan fingerprint density at radius 1 is 0.958 bits per heavy atom. The molecule has 142 valence electrons. The lowest BCUT2D eigenvalue weighted by Crippen LogP contribution is -2.61. The SMILES string of the molecule is CO[C@H]1O[C@H](CO)[C@@H](O)[C@H](O)[C@@H]1O[C@@H]1O[C@@H](CS(C)=O)[C@@H](O)[C@@H]1O. The van der Waals surface area contributed by atoms with Gasteiger partial charge in [-0.2, -0.15) is 0 Å². The molecule has 0 bridgehead atoms. The van der Waals surface area contributed by atoms with Crippen molar-refractivity contribution in [1.82, 2.24) is 0 Å². The molecule has 5 N–H and O–H groups in total. The Hall–Kier alpha value is -0.210. The maximum Gasteiger partial charge on any atom is 0.187 e. The third kappa shape index (κ3) is 4.12. The summed E-state index contributed by atoms with van der Waals surface area (Å²) >= 11 is 0. The van der Waals surface area contributed by atoms with E-state index in [1.54, 1.807) is 0 Å². The van der Waals surface area contributed by atoms with Gasteiger partial charge in [0, 0.05) is 24.2 Å². The van der Waals surface area contributed by atoms with Crippen molar-refractivity contribution in [2.24, 2.45) is 0 Å². The number of hydrogen-bond acceptors (Lipinski definition) is 10. The maximum atomic E-state index is 11.3. The van der Waals surface area contributed by atoms with E-state index in [0.29, 0.717) is 0 Å². The fourth-order valence-corrected chi connectivity index (χ4v) is 3.48. The van der Waals surface area contributed by atoms with Crippen LogP contribution in [-0.4, -0.2) is 111 Å². The van der Waals surface area contributed by atoms with E-state index >= 15 is 0 Å². The second-order valence-corrected chi connectivity index (χ2v) is 7.29. The molecule has 11 heteroatoms. The molecular formula is C13H24O10S. The molecule has 2 aliphatic rings. The summed E-state index contributed by atoms with van der Waals surface area (Å²) in [5.41, 5.74) is 0.